The predicted molar refractivity (Wildman–Crippen MR) is 73.0 cm³/mol. The lowest BCUT2D eigenvalue weighted by atomic mass is 10.1. The third-order valence-corrected chi connectivity index (χ3v) is 3.23. The fourth-order valence-electron chi connectivity index (χ4n) is 1.52. The minimum absolute atomic E-state index is 0.0177. The van der Waals surface area contributed by atoms with Crippen LogP contribution in [-0.4, -0.2) is 30.8 Å². The van der Waals surface area contributed by atoms with Gasteiger partial charge in [-0.3, -0.25) is 4.79 Å². The zero-order valence-corrected chi connectivity index (χ0v) is 12.1. The van der Waals surface area contributed by atoms with Gasteiger partial charge in [0.1, 0.15) is 6.04 Å². The van der Waals surface area contributed by atoms with Gasteiger partial charge in [0.25, 0.3) is 0 Å². The number of phenolic OH excluding ortho intramolecular Hbond substituents is 1. The highest BCUT2D eigenvalue weighted by molar-refractivity contribution is 6.37. The monoisotopic (exact) mass is 307 g/mol. The lowest BCUT2D eigenvalue weighted by Crippen LogP contribution is -2.34. The number of halogens is 2. The molecular weight excluding hydrogens is 293 g/mol. The number of benzene rings is 1. The molecule has 1 rings (SSSR count). The molecule has 1 unspecified atom stereocenters. The Balaban J connectivity index is 3.02. The molecule has 0 aromatic heterocycles. The van der Waals surface area contributed by atoms with Crippen molar-refractivity contribution >= 4 is 29.2 Å². The van der Waals surface area contributed by atoms with Crippen LogP contribution in [0.1, 0.15) is 12.5 Å². The molecule has 0 heterocycles. The highest BCUT2D eigenvalue weighted by Crippen LogP contribution is 2.41. The predicted octanol–water partition coefficient (Wildman–Crippen LogP) is 2.14. The van der Waals surface area contributed by atoms with Crippen molar-refractivity contribution in [3.8, 4) is 11.5 Å². The van der Waals surface area contributed by atoms with Crippen molar-refractivity contribution in [2.24, 2.45) is 5.73 Å². The van der Waals surface area contributed by atoms with Crippen LogP contribution in [0.25, 0.3) is 0 Å². The molecule has 0 saturated carbocycles. The van der Waals surface area contributed by atoms with Crippen LogP contribution in [0.2, 0.25) is 10.0 Å². The Labute approximate surface area is 121 Å². The number of carbonyl (C=O) groups is 1. The lowest BCUT2D eigenvalue weighted by molar-refractivity contribution is -0.144. The molecule has 0 amide bonds. The summed E-state index contributed by atoms with van der Waals surface area (Å²) in [6.45, 7) is 1.92. The van der Waals surface area contributed by atoms with E-state index in [9.17, 15) is 9.90 Å². The largest absolute Gasteiger partial charge is 0.503 e. The van der Waals surface area contributed by atoms with Crippen molar-refractivity contribution in [3.63, 3.8) is 0 Å². The highest BCUT2D eigenvalue weighted by Gasteiger charge is 2.22. The van der Waals surface area contributed by atoms with Gasteiger partial charge in [0, 0.05) is 17.5 Å². The van der Waals surface area contributed by atoms with Crippen LogP contribution in [0, 0.1) is 0 Å². The number of hydrogen-bond acceptors (Lipinski definition) is 5. The molecule has 0 radical (unpaired) electrons. The molecule has 3 N–H and O–H groups in total. The second-order valence-corrected chi connectivity index (χ2v) is 4.55. The molecule has 7 heteroatoms. The van der Waals surface area contributed by atoms with E-state index in [0.29, 0.717) is 5.56 Å². The quantitative estimate of drug-likeness (QED) is 0.814. The molecule has 5 nitrogen and oxygen atoms in total. The van der Waals surface area contributed by atoms with Gasteiger partial charge in [0.15, 0.2) is 11.5 Å². The van der Waals surface area contributed by atoms with E-state index in [-0.39, 0.29) is 34.6 Å². The zero-order chi connectivity index (χ0) is 14.6. The number of hydrogen-bond donors (Lipinski definition) is 2. The molecule has 0 spiro atoms. The zero-order valence-electron chi connectivity index (χ0n) is 10.6. The highest BCUT2D eigenvalue weighted by atomic mass is 35.5. The normalized spacial score (nSPS) is 12.1. The first-order chi connectivity index (χ1) is 8.92. The molecule has 0 fully saturated rings. The number of carbonyl (C=O) groups excluding carboxylic acids is 1. The van der Waals surface area contributed by atoms with E-state index in [2.05, 4.69) is 0 Å². The number of esters is 1. The Hall–Kier alpha value is -1.17. The Kier molecular flexibility index (Phi) is 5.72. The molecule has 106 valence electrons. The van der Waals surface area contributed by atoms with Crippen LogP contribution in [0.5, 0.6) is 11.5 Å². The van der Waals surface area contributed by atoms with E-state index in [1.54, 1.807) is 6.92 Å². The topological polar surface area (TPSA) is 81.8 Å². The number of methoxy groups -OCH3 is 1. The summed E-state index contributed by atoms with van der Waals surface area (Å²) in [5, 5.41) is 10.1. The fraction of sp³-hybridized carbons (Fsp3) is 0.417. The van der Waals surface area contributed by atoms with Crippen LogP contribution < -0.4 is 10.5 Å². The van der Waals surface area contributed by atoms with Crippen LogP contribution in [0.15, 0.2) is 6.07 Å². The number of aromatic hydroxyl groups is 1. The minimum Gasteiger partial charge on any atom is -0.503 e. The fourth-order valence-corrected chi connectivity index (χ4v) is 2.11. The molecule has 0 bridgehead atoms. The number of ether oxygens (including phenoxy) is 2. The molecule has 0 aliphatic heterocycles. The Morgan fingerprint density at radius 3 is 2.68 bits per heavy atom. The minimum atomic E-state index is -0.900. The Bertz CT molecular complexity index is 479. The summed E-state index contributed by atoms with van der Waals surface area (Å²) in [7, 11) is 1.38. The second kappa shape index (κ2) is 6.84. The van der Waals surface area contributed by atoms with Gasteiger partial charge in [0.2, 0.25) is 0 Å². The molecular formula is C12H15Cl2NO4. The Morgan fingerprint density at radius 1 is 1.53 bits per heavy atom. The molecule has 0 aliphatic carbocycles. The maximum atomic E-state index is 11.5. The van der Waals surface area contributed by atoms with Crippen LogP contribution >= 0.6 is 23.2 Å². The van der Waals surface area contributed by atoms with E-state index >= 15 is 0 Å². The van der Waals surface area contributed by atoms with Gasteiger partial charge in [-0.1, -0.05) is 23.2 Å². The van der Waals surface area contributed by atoms with Gasteiger partial charge in [-0.2, -0.15) is 0 Å². The van der Waals surface area contributed by atoms with Crippen molar-refractivity contribution < 1.29 is 19.4 Å². The van der Waals surface area contributed by atoms with E-state index in [4.69, 9.17) is 38.4 Å². The van der Waals surface area contributed by atoms with E-state index in [1.165, 1.54) is 13.2 Å². The van der Waals surface area contributed by atoms with Crippen LogP contribution in [0.4, 0.5) is 0 Å². The van der Waals surface area contributed by atoms with Gasteiger partial charge < -0.3 is 20.3 Å². The lowest BCUT2D eigenvalue weighted by Gasteiger charge is -2.15. The van der Waals surface area contributed by atoms with Gasteiger partial charge in [-0.15, -0.1) is 0 Å². The van der Waals surface area contributed by atoms with Gasteiger partial charge >= 0.3 is 5.97 Å². The average molecular weight is 308 g/mol. The van der Waals surface area contributed by atoms with Crippen molar-refractivity contribution in [3.05, 3.63) is 21.7 Å². The number of phenols is 1. The van der Waals surface area contributed by atoms with Gasteiger partial charge in [-0.05, 0) is 12.5 Å². The molecule has 0 aliphatic rings. The molecule has 1 aromatic rings. The van der Waals surface area contributed by atoms with Gasteiger partial charge in [0.05, 0.1) is 18.7 Å². The molecule has 1 atom stereocenters. The summed E-state index contributed by atoms with van der Waals surface area (Å²) >= 11 is 12.0. The number of rotatable bonds is 5. The number of nitrogens with two attached hydrogens (primary N) is 1. The van der Waals surface area contributed by atoms with Crippen LogP contribution in [-0.2, 0) is 16.0 Å². The maximum Gasteiger partial charge on any atom is 0.323 e. The third-order valence-electron chi connectivity index (χ3n) is 2.49. The standard InChI is InChI=1S/C12H15Cl2NO4/c1-3-19-12(17)8(15)4-6-7(13)5-9(18-2)11(16)10(6)14/h5,8,16H,3-4,15H2,1-2H3. The summed E-state index contributed by atoms with van der Waals surface area (Å²) < 4.78 is 9.70. The van der Waals surface area contributed by atoms with E-state index in [0.717, 1.165) is 0 Å². The summed E-state index contributed by atoms with van der Waals surface area (Å²) in [6, 6.07) is 0.512. The van der Waals surface area contributed by atoms with Crippen molar-refractivity contribution in [2.75, 3.05) is 13.7 Å². The SMILES string of the molecule is CCOC(=O)C(N)Cc1c(Cl)cc(OC)c(O)c1Cl. The van der Waals surface area contributed by atoms with E-state index < -0.39 is 12.0 Å². The molecule has 19 heavy (non-hydrogen) atoms. The van der Waals surface area contributed by atoms with E-state index in [1.807, 2.05) is 0 Å². The first-order valence-electron chi connectivity index (χ1n) is 5.58. The smallest absolute Gasteiger partial charge is 0.323 e. The molecule has 1 aromatic carbocycles. The van der Waals surface area contributed by atoms with Crippen molar-refractivity contribution in [2.45, 2.75) is 19.4 Å². The maximum absolute atomic E-state index is 11.5. The first-order valence-corrected chi connectivity index (χ1v) is 6.34. The summed E-state index contributed by atoms with van der Waals surface area (Å²) in [6.07, 6.45) is 0.0635. The third kappa shape index (κ3) is 3.65. The average Bonchev–Trinajstić information content (AvgIpc) is 2.38. The van der Waals surface area contributed by atoms with Crippen LogP contribution in [0.3, 0.4) is 0 Å². The summed E-state index contributed by atoms with van der Waals surface area (Å²) in [5.41, 5.74) is 6.07. The Morgan fingerprint density at radius 2 is 2.16 bits per heavy atom. The van der Waals surface area contributed by atoms with Crippen molar-refractivity contribution in [1.29, 1.82) is 0 Å². The van der Waals surface area contributed by atoms with Gasteiger partial charge in [-0.25, -0.2) is 0 Å². The molecule has 0 saturated heterocycles. The summed E-state index contributed by atoms with van der Waals surface area (Å²) in [4.78, 5) is 11.5. The van der Waals surface area contributed by atoms with Crippen molar-refractivity contribution in [1.82, 2.24) is 0 Å². The summed E-state index contributed by atoms with van der Waals surface area (Å²) in [5.74, 6) is -0.631. The second-order valence-electron chi connectivity index (χ2n) is 3.76. The first kappa shape index (κ1) is 15.9.